The minimum absolute atomic E-state index is 0.209. The van der Waals surface area contributed by atoms with Gasteiger partial charge in [0.2, 0.25) is 11.5 Å². The van der Waals surface area contributed by atoms with Gasteiger partial charge in [0.05, 0.1) is 19.0 Å². The van der Waals surface area contributed by atoms with E-state index in [2.05, 4.69) is 0 Å². The van der Waals surface area contributed by atoms with Gasteiger partial charge < -0.3 is 14.4 Å². The smallest absolute Gasteiger partial charge is 0.425 e. The fourth-order valence-corrected chi connectivity index (χ4v) is 2.57. The Kier molecular flexibility index (Phi) is 5.20. The predicted octanol–water partition coefficient (Wildman–Crippen LogP) is 1.40. The monoisotopic (exact) mass is 345 g/mol. The van der Waals surface area contributed by atoms with Crippen LogP contribution in [0.1, 0.15) is 17.9 Å². The standard InChI is InChI=1S/C15H18F3N3O3/c1-11-2-3-12(24-11)14(23,15(16,17)18)10-13(22)21-8-6-20(5-4-19)7-9-21/h2-3,23H,5-10H2,1H3. The van der Waals surface area contributed by atoms with Gasteiger partial charge >= 0.3 is 6.18 Å². The number of rotatable bonds is 4. The van der Waals surface area contributed by atoms with Crippen molar-refractivity contribution in [2.75, 3.05) is 32.7 Å². The molecular formula is C15H18F3N3O3. The fourth-order valence-electron chi connectivity index (χ4n) is 2.57. The van der Waals surface area contributed by atoms with Crippen molar-refractivity contribution in [1.29, 1.82) is 5.26 Å². The molecule has 0 radical (unpaired) electrons. The topological polar surface area (TPSA) is 80.7 Å². The molecule has 1 amide bonds. The van der Waals surface area contributed by atoms with Crippen LogP contribution in [0.2, 0.25) is 0 Å². The number of carbonyl (C=O) groups is 1. The molecule has 1 atom stereocenters. The van der Waals surface area contributed by atoms with Crippen LogP contribution in [-0.2, 0) is 10.4 Å². The highest BCUT2D eigenvalue weighted by Crippen LogP contribution is 2.42. The highest BCUT2D eigenvalue weighted by Gasteiger charge is 2.58. The first-order chi connectivity index (χ1) is 11.2. The molecule has 2 rings (SSSR count). The number of furan rings is 1. The summed E-state index contributed by atoms with van der Waals surface area (Å²) in [5.74, 6) is -1.28. The molecule has 1 aliphatic rings. The third-order valence-electron chi connectivity index (χ3n) is 4.04. The summed E-state index contributed by atoms with van der Waals surface area (Å²) in [6.45, 7) is 2.90. The zero-order chi connectivity index (χ0) is 18.0. The molecule has 0 aliphatic carbocycles. The molecule has 1 aromatic heterocycles. The summed E-state index contributed by atoms with van der Waals surface area (Å²) < 4.78 is 45.0. The summed E-state index contributed by atoms with van der Waals surface area (Å²) in [6.07, 6.45) is -6.18. The van der Waals surface area contributed by atoms with Gasteiger partial charge in [-0.25, -0.2) is 0 Å². The molecule has 0 saturated carbocycles. The van der Waals surface area contributed by atoms with Gasteiger partial charge in [-0.3, -0.25) is 9.69 Å². The molecule has 1 N–H and O–H groups in total. The Labute approximate surface area is 137 Å². The van der Waals surface area contributed by atoms with Gasteiger partial charge in [-0.2, -0.15) is 18.4 Å². The molecule has 1 aromatic rings. The van der Waals surface area contributed by atoms with Crippen LogP contribution in [0, 0.1) is 18.3 Å². The molecule has 0 aromatic carbocycles. The Hall–Kier alpha value is -2.05. The molecule has 1 unspecified atom stereocenters. The molecule has 1 fully saturated rings. The summed E-state index contributed by atoms with van der Waals surface area (Å²) in [7, 11) is 0. The number of aliphatic hydroxyl groups is 1. The lowest BCUT2D eigenvalue weighted by molar-refractivity contribution is -0.274. The van der Waals surface area contributed by atoms with Crippen LogP contribution >= 0.6 is 0 Å². The Balaban J connectivity index is 2.11. The Bertz CT molecular complexity index is 630. The Morgan fingerprint density at radius 1 is 1.33 bits per heavy atom. The van der Waals surface area contributed by atoms with Crippen molar-refractivity contribution < 1.29 is 27.5 Å². The van der Waals surface area contributed by atoms with Crippen molar-refractivity contribution in [2.24, 2.45) is 0 Å². The highest BCUT2D eigenvalue weighted by atomic mass is 19.4. The van der Waals surface area contributed by atoms with Gasteiger partial charge in [0.25, 0.3) is 0 Å². The summed E-state index contributed by atoms with van der Waals surface area (Å²) >= 11 is 0. The van der Waals surface area contributed by atoms with Crippen LogP contribution in [0.4, 0.5) is 13.2 Å². The van der Waals surface area contributed by atoms with Crippen LogP contribution in [0.5, 0.6) is 0 Å². The van der Waals surface area contributed by atoms with Gasteiger partial charge in [-0.1, -0.05) is 0 Å². The number of hydrogen-bond donors (Lipinski definition) is 1. The second-order valence-corrected chi connectivity index (χ2v) is 5.76. The second-order valence-electron chi connectivity index (χ2n) is 5.76. The lowest BCUT2D eigenvalue weighted by atomic mass is 9.94. The minimum Gasteiger partial charge on any atom is -0.463 e. The van der Waals surface area contributed by atoms with Crippen LogP contribution in [0.25, 0.3) is 0 Å². The predicted molar refractivity (Wildman–Crippen MR) is 76.6 cm³/mol. The summed E-state index contributed by atoms with van der Waals surface area (Å²) in [6, 6.07) is 4.32. The number of alkyl halides is 3. The molecule has 6 nitrogen and oxygen atoms in total. The quantitative estimate of drug-likeness (QED) is 0.834. The van der Waals surface area contributed by atoms with Crippen LogP contribution < -0.4 is 0 Å². The van der Waals surface area contributed by atoms with E-state index in [-0.39, 0.29) is 25.4 Å². The van der Waals surface area contributed by atoms with Gasteiger partial charge in [-0.15, -0.1) is 0 Å². The summed E-state index contributed by atoms with van der Waals surface area (Å²) in [4.78, 5) is 15.3. The minimum atomic E-state index is -5.05. The molecule has 2 heterocycles. The number of piperazine rings is 1. The third kappa shape index (κ3) is 3.71. The first-order valence-corrected chi connectivity index (χ1v) is 7.40. The average Bonchev–Trinajstić information content (AvgIpc) is 2.94. The van der Waals surface area contributed by atoms with Gasteiger partial charge in [0.15, 0.2) is 0 Å². The first-order valence-electron chi connectivity index (χ1n) is 7.40. The van der Waals surface area contributed by atoms with Crippen molar-refractivity contribution in [1.82, 2.24) is 9.80 Å². The maximum atomic E-state index is 13.4. The average molecular weight is 345 g/mol. The Morgan fingerprint density at radius 2 is 1.96 bits per heavy atom. The lowest BCUT2D eigenvalue weighted by Crippen LogP contribution is -2.52. The van der Waals surface area contributed by atoms with Crippen molar-refractivity contribution in [3.05, 3.63) is 23.7 Å². The van der Waals surface area contributed by atoms with Crippen molar-refractivity contribution in [3.8, 4) is 6.07 Å². The fraction of sp³-hybridized carbons (Fsp3) is 0.600. The number of carbonyl (C=O) groups excluding carboxylic acids is 1. The van der Waals surface area contributed by atoms with E-state index in [9.17, 15) is 23.1 Å². The van der Waals surface area contributed by atoms with E-state index in [1.807, 2.05) is 6.07 Å². The molecular weight excluding hydrogens is 327 g/mol. The number of halogens is 3. The lowest BCUT2D eigenvalue weighted by Gasteiger charge is -2.35. The molecule has 1 aliphatic heterocycles. The molecule has 0 bridgehead atoms. The molecule has 9 heteroatoms. The normalized spacial score (nSPS) is 18.9. The second kappa shape index (κ2) is 6.83. The molecule has 1 saturated heterocycles. The van der Waals surface area contributed by atoms with E-state index in [4.69, 9.17) is 9.68 Å². The van der Waals surface area contributed by atoms with Crippen LogP contribution in [0.3, 0.4) is 0 Å². The van der Waals surface area contributed by atoms with E-state index in [0.717, 1.165) is 6.07 Å². The van der Waals surface area contributed by atoms with E-state index in [1.54, 1.807) is 4.90 Å². The van der Waals surface area contributed by atoms with E-state index in [0.29, 0.717) is 13.1 Å². The largest absolute Gasteiger partial charge is 0.463 e. The Morgan fingerprint density at radius 3 is 2.42 bits per heavy atom. The molecule has 24 heavy (non-hydrogen) atoms. The maximum Gasteiger partial charge on any atom is 0.425 e. The van der Waals surface area contributed by atoms with E-state index >= 15 is 0 Å². The molecule has 132 valence electrons. The summed E-state index contributed by atoms with van der Waals surface area (Å²) in [5, 5.41) is 18.8. The molecule has 0 spiro atoms. The van der Waals surface area contributed by atoms with Gasteiger partial charge in [0, 0.05) is 26.2 Å². The van der Waals surface area contributed by atoms with Crippen LogP contribution in [-0.4, -0.2) is 59.7 Å². The van der Waals surface area contributed by atoms with Gasteiger partial charge in [0.1, 0.15) is 11.5 Å². The number of nitriles is 1. The van der Waals surface area contributed by atoms with E-state index < -0.39 is 29.9 Å². The number of amides is 1. The van der Waals surface area contributed by atoms with Gasteiger partial charge in [-0.05, 0) is 19.1 Å². The number of nitrogens with zero attached hydrogens (tertiary/aromatic N) is 3. The zero-order valence-electron chi connectivity index (χ0n) is 13.1. The number of hydrogen-bond acceptors (Lipinski definition) is 5. The van der Waals surface area contributed by atoms with Crippen molar-refractivity contribution >= 4 is 5.91 Å². The SMILES string of the molecule is Cc1ccc(C(O)(CC(=O)N2CCN(CC#N)CC2)C(F)(F)F)o1. The van der Waals surface area contributed by atoms with Crippen LogP contribution in [0.15, 0.2) is 16.5 Å². The highest BCUT2D eigenvalue weighted by molar-refractivity contribution is 5.77. The van der Waals surface area contributed by atoms with Crippen molar-refractivity contribution in [2.45, 2.75) is 25.1 Å². The maximum absolute atomic E-state index is 13.4. The van der Waals surface area contributed by atoms with E-state index in [1.165, 1.54) is 17.9 Å². The number of aryl methyl sites for hydroxylation is 1. The summed E-state index contributed by atoms with van der Waals surface area (Å²) in [5.41, 5.74) is -3.36. The van der Waals surface area contributed by atoms with Crippen molar-refractivity contribution in [3.63, 3.8) is 0 Å². The first kappa shape index (κ1) is 18.3. The third-order valence-corrected chi connectivity index (χ3v) is 4.04. The zero-order valence-corrected chi connectivity index (χ0v) is 13.1.